The molecule has 0 aromatic rings. The van der Waals surface area contributed by atoms with Crippen LogP contribution in [0.15, 0.2) is 0 Å². The monoisotopic (exact) mass is 739 g/mol. The minimum absolute atomic E-state index is 0.0909. The molecule has 0 radical (unpaired) electrons. The van der Waals surface area contributed by atoms with E-state index in [1.807, 2.05) is 0 Å². The molecule has 52 heavy (non-hydrogen) atoms. The van der Waals surface area contributed by atoms with Crippen LogP contribution >= 0.6 is 0 Å². The highest BCUT2D eigenvalue weighted by Gasteiger charge is 2.40. The van der Waals surface area contributed by atoms with E-state index in [4.69, 9.17) is 5.73 Å². The lowest BCUT2D eigenvalue weighted by molar-refractivity contribution is -0.150. The first-order valence-corrected chi connectivity index (χ1v) is 17.5. The minimum atomic E-state index is -1.49. The Balaban J connectivity index is 2.17. The van der Waals surface area contributed by atoms with Gasteiger partial charge in [-0.2, -0.15) is 0 Å². The van der Waals surface area contributed by atoms with Gasteiger partial charge in [-0.05, 0) is 57.3 Å². The fraction of sp³-hybridized carbons (Fsp3) is 0.727. The highest BCUT2D eigenvalue weighted by Crippen LogP contribution is 2.21. The third-order valence-corrected chi connectivity index (χ3v) is 9.20. The molecule has 0 unspecified atom stereocenters. The molecule has 19 heteroatoms. The summed E-state index contributed by atoms with van der Waals surface area (Å²) in [6, 6.07) is -8.33. The number of hydrogen-bond donors (Lipinski definition) is 8. The van der Waals surface area contributed by atoms with Gasteiger partial charge in [0.2, 0.25) is 35.4 Å². The highest BCUT2D eigenvalue weighted by atomic mass is 16.4. The van der Waals surface area contributed by atoms with Crippen molar-refractivity contribution in [2.75, 3.05) is 13.1 Å². The third kappa shape index (κ3) is 12.2. The molecule has 0 spiro atoms. The molecule has 292 valence electrons. The van der Waals surface area contributed by atoms with Gasteiger partial charge in [-0.1, -0.05) is 27.7 Å². The van der Waals surface area contributed by atoms with Gasteiger partial charge >= 0.3 is 17.9 Å². The molecule has 2 saturated heterocycles. The molecular weight excluding hydrogens is 686 g/mol. The number of carboxylic acids is 3. The second kappa shape index (κ2) is 19.7. The van der Waals surface area contributed by atoms with E-state index in [1.54, 1.807) is 27.7 Å². The normalized spacial score (nSPS) is 20.0. The number of rotatable bonds is 19. The summed E-state index contributed by atoms with van der Waals surface area (Å²) in [5, 5.41) is 37.8. The molecule has 0 aromatic heterocycles. The molecule has 2 fully saturated rings. The Bertz CT molecular complexity index is 1370. The fourth-order valence-corrected chi connectivity index (χ4v) is 6.05. The third-order valence-electron chi connectivity index (χ3n) is 9.20. The maximum atomic E-state index is 13.5. The zero-order valence-electron chi connectivity index (χ0n) is 30.3. The van der Waals surface area contributed by atoms with Crippen molar-refractivity contribution in [1.82, 2.24) is 31.1 Å². The summed E-state index contributed by atoms with van der Waals surface area (Å²) >= 11 is 0. The number of likely N-dealkylation sites (tertiary alicyclic amines) is 2. The summed E-state index contributed by atoms with van der Waals surface area (Å²) in [6.45, 7) is 8.49. The van der Waals surface area contributed by atoms with Crippen LogP contribution < -0.4 is 27.0 Å². The summed E-state index contributed by atoms with van der Waals surface area (Å²) in [7, 11) is 0. The van der Waals surface area contributed by atoms with E-state index in [2.05, 4.69) is 21.3 Å². The molecule has 2 aliphatic heterocycles. The largest absolute Gasteiger partial charge is 0.481 e. The van der Waals surface area contributed by atoms with Crippen molar-refractivity contribution >= 4 is 53.4 Å². The summed E-state index contributed by atoms with van der Waals surface area (Å²) in [5.41, 5.74) is 6.04. The first-order valence-electron chi connectivity index (χ1n) is 17.5. The quantitative estimate of drug-likeness (QED) is 0.0740. The van der Waals surface area contributed by atoms with Crippen LogP contribution in [0.5, 0.6) is 0 Å². The van der Waals surface area contributed by atoms with Crippen molar-refractivity contribution in [3.63, 3.8) is 0 Å². The lowest BCUT2D eigenvalue weighted by Crippen LogP contribution is -2.60. The van der Waals surface area contributed by atoms with E-state index in [-0.39, 0.29) is 31.2 Å². The lowest BCUT2D eigenvalue weighted by atomic mass is 10.0. The van der Waals surface area contributed by atoms with Gasteiger partial charge in [-0.15, -0.1) is 0 Å². The first kappa shape index (κ1) is 43.4. The summed E-state index contributed by atoms with van der Waals surface area (Å²) in [5.74, 6) is -8.95. The van der Waals surface area contributed by atoms with E-state index in [0.29, 0.717) is 25.8 Å². The second-order valence-corrected chi connectivity index (χ2v) is 13.9. The number of carbonyl (C=O) groups is 9. The zero-order chi connectivity index (χ0) is 39.4. The van der Waals surface area contributed by atoms with Crippen LogP contribution in [-0.2, 0) is 43.2 Å². The molecule has 0 aromatic carbocycles. The van der Waals surface area contributed by atoms with Crippen molar-refractivity contribution in [2.24, 2.45) is 17.6 Å². The molecular formula is C33H53N7O12. The standard InChI is InChI=1S/C33H53N7O12/c1-16(2)25(34)32(50)39-14-6-8-21(39)29(47)38-26(17(3)4)30(48)36-19(10-12-23(41)42)28(46)35-18(5)27(45)37-20(11-13-24(43)44)31(49)40-15-7-9-22(40)33(51)52/h16-22,25-26H,6-15,34H2,1-5H3,(H,35,46)(H,36,48)(H,37,45)(H,38,47)(H,41,42)(H,43,44)(H,51,52)/t18-,19-,20-,21-,22-,25-,26-/m0/s1. The molecule has 2 rings (SSSR count). The van der Waals surface area contributed by atoms with Gasteiger partial charge in [0.15, 0.2) is 0 Å². The summed E-state index contributed by atoms with van der Waals surface area (Å²) < 4.78 is 0. The molecule has 9 N–H and O–H groups in total. The van der Waals surface area contributed by atoms with Gasteiger partial charge in [0.05, 0.1) is 6.04 Å². The Morgan fingerprint density at radius 1 is 0.635 bits per heavy atom. The van der Waals surface area contributed by atoms with Gasteiger partial charge in [0.1, 0.15) is 36.3 Å². The van der Waals surface area contributed by atoms with Crippen LogP contribution in [0.3, 0.4) is 0 Å². The summed E-state index contributed by atoms with van der Waals surface area (Å²) in [6.07, 6.45) is -0.372. The molecule has 0 saturated carbocycles. The molecule has 0 bridgehead atoms. The van der Waals surface area contributed by atoms with E-state index in [9.17, 15) is 58.5 Å². The molecule has 6 amide bonds. The number of carboxylic acid groups (broad SMARTS) is 3. The number of nitrogens with two attached hydrogens (primary N) is 1. The van der Waals surface area contributed by atoms with Gasteiger partial charge in [-0.25, -0.2) is 4.79 Å². The lowest BCUT2D eigenvalue weighted by Gasteiger charge is -2.31. The topological polar surface area (TPSA) is 295 Å². The van der Waals surface area contributed by atoms with Crippen LogP contribution in [-0.4, -0.2) is 134 Å². The average Bonchev–Trinajstić information content (AvgIpc) is 3.76. The second-order valence-electron chi connectivity index (χ2n) is 13.9. The van der Waals surface area contributed by atoms with Crippen molar-refractivity contribution in [3.8, 4) is 0 Å². The Hall–Kier alpha value is -4.81. The van der Waals surface area contributed by atoms with E-state index in [0.717, 1.165) is 4.90 Å². The molecule has 0 aliphatic carbocycles. The average molecular weight is 740 g/mol. The van der Waals surface area contributed by atoms with E-state index < -0.39 is 115 Å². The first-order chi connectivity index (χ1) is 24.3. The Kier molecular flexibility index (Phi) is 16.4. The number of amides is 6. The smallest absolute Gasteiger partial charge is 0.326 e. The van der Waals surface area contributed by atoms with Crippen LogP contribution in [0.2, 0.25) is 0 Å². The number of carbonyl (C=O) groups excluding carboxylic acids is 6. The molecule has 2 heterocycles. The zero-order valence-corrected chi connectivity index (χ0v) is 30.3. The van der Waals surface area contributed by atoms with Crippen molar-refractivity contribution in [3.05, 3.63) is 0 Å². The molecule has 19 nitrogen and oxygen atoms in total. The van der Waals surface area contributed by atoms with Crippen LogP contribution in [0.1, 0.15) is 86.0 Å². The van der Waals surface area contributed by atoms with Gasteiger partial charge < -0.3 is 52.1 Å². The van der Waals surface area contributed by atoms with E-state index in [1.165, 1.54) is 11.8 Å². The van der Waals surface area contributed by atoms with Crippen LogP contribution in [0.4, 0.5) is 0 Å². The number of hydrogen-bond acceptors (Lipinski definition) is 10. The maximum Gasteiger partial charge on any atom is 0.326 e. The molecule has 2 aliphatic rings. The minimum Gasteiger partial charge on any atom is -0.481 e. The number of aliphatic carboxylic acids is 3. The SMILES string of the molecule is CC(C)[C@H](N)C(=O)N1CCC[C@H]1C(=O)N[C@H](C(=O)N[C@@H](CCC(=O)O)C(=O)N[C@@H](C)C(=O)N[C@@H](CCC(=O)O)C(=O)N1CCC[C@H]1C(=O)O)C(C)C. The maximum absolute atomic E-state index is 13.5. The number of nitrogens with zero attached hydrogens (tertiary/aromatic N) is 2. The Morgan fingerprint density at radius 3 is 1.63 bits per heavy atom. The van der Waals surface area contributed by atoms with Crippen molar-refractivity contribution in [1.29, 1.82) is 0 Å². The van der Waals surface area contributed by atoms with Gasteiger partial charge in [-0.3, -0.25) is 38.4 Å². The predicted octanol–water partition coefficient (Wildman–Crippen LogP) is -1.62. The van der Waals surface area contributed by atoms with Crippen molar-refractivity contribution < 1.29 is 58.5 Å². The highest BCUT2D eigenvalue weighted by molar-refractivity contribution is 5.97. The van der Waals surface area contributed by atoms with Gasteiger partial charge in [0.25, 0.3) is 0 Å². The number of nitrogens with one attached hydrogen (secondary N) is 4. The van der Waals surface area contributed by atoms with Crippen molar-refractivity contribution in [2.45, 2.75) is 128 Å². The summed E-state index contributed by atoms with van der Waals surface area (Å²) in [4.78, 5) is 116. The molecule has 7 atom stereocenters. The fourth-order valence-electron chi connectivity index (χ4n) is 6.05. The van der Waals surface area contributed by atoms with E-state index >= 15 is 0 Å². The Labute approximate surface area is 301 Å². The van der Waals surface area contributed by atoms with Crippen LogP contribution in [0.25, 0.3) is 0 Å². The van der Waals surface area contributed by atoms with Crippen LogP contribution in [0, 0.1) is 11.8 Å². The van der Waals surface area contributed by atoms with Gasteiger partial charge in [0, 0.05) is 25.9 Å². The predicted molar refractivity (Wildman–Crippen MR) is 182 cm³/mol. The Morgan fingerprint density at radius 2 is 1.13 bits per heavy atom.